The fraction of sp³-hybridized carbons (Fsp3) is 0.303. The molecule has 2 fully saturated rings. The largest absolute Gasteiger partial charge is 0.362 e. The molecule has 0 radical (unpaired) electrons. The van der Waals surface area contributed by atoms with Gasteiger partial charge in [-0.2, -0.15) is 5.10 Å². The Morgan fingerprint density at radius 2 is 1.69 bits per heavy atom. The lowest BCUT2D eigenvalue weighted by molar-refractivity contribution is -0.139. The molecule has 0 spiro atoms. The van der Waals surface area contributed by atoms with Crippen molar-refractivity contribution in [2.75, 3.05) is 31.6 Å². The van der Waals surface area contributed by atoms with Gasteiger partial charge in [-0.15, -0.1) is 0 Å². The number of hydrogen-bond acceptors (Lipinski definition) is 10. The Kier molecular flexibility index (Phi) is 8.19. The zero-order valence-electron chi connectivity index (χ0n) is 25.6. The Hall–Kier alpha value is -5.83. The maximum absolute atomic E-state index is 13.0. The number of nitrogens with one attached hydrogen (secondary N) is 2. The molecule has 5 heterocycles. The van der Waals surface area contributed by atoms with E-state index in [1.807, 2.05) is 35.1 Å². The standard InChI is InChI=1S/C33H30N8O7/c42-28-8-7-27(31(45)38-28)41-32(46)22-6-5-20(13-23(22)33(41)47)36-29(43)17-48-18-30(44)39-11-9-21(10-12-39)40-16-19(14-35-40)26-15-34-24-3-1-2-4-25(24)37-26/h1-6,13-16,21,27H,7-12,17-18H2,(H,36,43)(H,38,42,45). The fourth-order valence-corrected chi connectivity index (χ4v) is 6.21. The summed E-state index contributed by atoms with van der Waals surface area (Å²) in [5.41, 5.74) is 3.63. The van der Waals surface area contributed by atoms with Crippen LogP contribution in [-0.2, 0) is 23.9 Å². The number of anilines is 1. The van der Waals surface area contributed by atoms with E-state index in [0.29, 0.717) is 25.9 Å². The van der Waals surface area contributed by atoms with E-state index in [-0.39, 0.29) is 48.2 Å². The second-order valence-corrected chi connectivity index (χ2v) is 11.8. The monoisotopic (exact) mass is 650 g/mol. The lowest BCUT2D eigenvalue weighted by atomic mass is 10.0. The Labute approximate surface area is 273 Å². The highest BCUT2D eigenvalue weighted by Crippen LogP contribution is 2.30. The second kappa shape index (κ2) is 12.8. The van der Waals surface area contributed by atoms with Crippen molar-refractivity contribution in [2.45, 2.75) is 37.8 Å². The van der Waals surface area contributed by atoms with Gasteiger partial charge in [0, 0.05) is 37.0 Å². The van der Waals surface area contributed by atoms with Crippen LogP contribution < -0.4 is 10.6 Å². The first-order chi connectivity index (χ1) is 23.2. The highest BCUT2D eigenvalue weighted by atomic mass is 16.5. The summed E-state index contributed by atoms with van der Waals surface area (Å²) in [6.45, 7) is 0.356. The zero-order chi connectivity index (χ0) is 33.4. The van der Waals surface area contributed by atoms with Gasteiger partial charge in [0.05, 0.1) is 46.3 Å². The molecule has 244 valence electrons. The van der Waals surface area contributed by atoms with Crippen molar-refractivity contribution < 1.29 is 33.5 Å². The number of ether oxygens (including phenoxy) is 1. The van der Waals surface area contributed by atoms with Crippen molar-refractivity contribution in [1.82, 2.24) is 34.9 Å². The summed E-state index contributed by atoms with van der Waals surface area (Å²) in [4.78, 5) is 86.7. The lowest BCUT2D eigenvalue weighted by Gasteiger charge is -2.32. The highest BCUT2D eigenvalue weighted by Gasteiger charge is 2.44. The molecular formula is C33H30N8O7. The number of imide groups is 2. The van der Waals surface area contributed by atoms with Crippen LogP contribution in [0.3, 0.4) is 0 Å². The number of aromatic nitrogens is 4. The van der Waals surface area contributed by atoms with E-state index in [0.717, 1.165) is 27.2 Å². The number of para-hydroxylation sites is 2. The SMILES string of the molecule is O=C1CCC(N2C(=O)c3ccc(NC(=O)COCC(=O)N4CCC(n5cc(-c6cnc7ccccc7n6)cn5)CC4)cc3C2=O)C(=O)N1. The van der Waals surface area contributed by atoms with Crippen molar-refractivity contribution >= 4 is 52.2 Å². The fourth-order valence-electron chi connectivity index (χ4n) is 6.21. The predicted molar refractivity (Wildman–Crippen MR) is 168 cm³/mol. The molecule has 2 aromatic heterocycles. The molecule has 1 atom stereocenters. The van der Waals surface area contributed by atoms with Crippen molar-refractivity contribution in [3.63, 3.8) is 0 Å². The predicted octanol–water partition coefficient (Wildman–Crippen LogP) is 1.71. The first kappa shape index (κ1) is 30.8. The van der Waals surface area contributed by atoms with Gasteiger partial charge in [0.1, 0.15) is 19.3 Å². The van der Waals surface area contributed by atoms with Crippen molar-refractivity contribution in [3.8, 4) is 11.3 Å². The molecule has 7 rings (SSSR count). The molecule has 0 aliphatic carbocycles. The van der Waals surface area contributed by atoms with Crippen LogP contribution in [0.5, 0.6) is 0 Å². The summed E-state index contributed by atoms with van der Waals surface area (Å²) in [7, 11) is 0. The van der Waals surface area contributed by atoms with Crippen molar-refractivity contribution in [3.05, 3.63) is 72.2 Å². The smallest absolute Gasteiger partial charge is 0.262 e. The van der Waals surface area contributed by atoms with Gasteiger partial charge in [-0.1, -0.05) is 12.1 Å². The number of benzene rings is 2. The van der Waals surface area contributed by atoms with Crippen LogP contribution >= 0.6 is 0 Å². The average molecular weight is 651 g/mol. The van der Waals surface area contributed by atoms with Gasteiger partial charge in [0.15, 0.2) is 0 Å². The molecule has 3 aliphatic rings. The summed E-state index contributed by atoms with van der Waals surface area (Å²) < 4.78 is 7.30. The first-order valence-electron chi connectivity index (χ1n) is 15.5. The normalized spacial score (nSPS) is 18.3. The minimum absolute atomic E-state index is 0.0155. The van der Waals surface area contributed by atoms with Gasteiger partial charge in [-0.05, 0) is 49.6 Å². The molecule has 0 bridgehead atoms. The van der Waals surface area contributed by atoms with E-state index >= 15 is 0 Å². The molecule has 0 saturated carbocycles. The van der Waals surface area contributed by atoms with Gasteiger partial charge < -0.3 is 15.0 Å². The Balaban J connectivity index is 0.868. The van der Waals surface area contributed by atoms with Gasteiger partial charge >= 0.3 is 0 Å². The Bertz CT molecular complexity index is 1980. The lowest BCUT2D eigenvalue weighted by Crippen LogP contribution is -2.54. The van der Waals surface area contributed by atoms with Crippen LogP contribution in [0, 0.1) is 0 Å². The third-order valence-electron chi connectivity index (χ3n) is 8.72. The number of amides is 6. The number of carbonyl (C=O) groups is 6. The molecule has 1 unspecified atom stereocenters. The summed E-state index contributed by atoms with van der Waals surface area (Å²) in [5, 5.41) is 9.29. The number of carbonyl (C=O) groups excluding carboxylic acids is 6. The quantitative estimate of drug-likeness (QED) is 0.266. The van der Waals surface area contributed by atoms with Crippen LogP contribution in [0.4, 0.5) is 5.69 Å². The van der Waals surface area contributed by atoms with E-state index in [1.54, 1.807) is 17.3 Å². The molecule has 15 nitrogen and oxygen atoms in total. The number of rotatable bonds is 8. The van der Waals surface area contributed by atoms with E-state index < -0.39 is 42.2 Å². The van der Waals surface area contributed by atoms with Crippen LogP contribution in [0.25, 0.3) is 22.3 Å². The second-order valence-electron chi connectivity index (χ2n) is 11.8. The number of hydrogen-bond donors (Lipinski definition) is 2. The Morgan fingerprint density at radius 3 is 2.48 bits per heavy atom. The Morgan fingerprint density at radius 1 is 0.917 bits per heavy atom. The minimum Gasteiger partial charge on any atom is -0.362 e. The molecular weight excluding hydrogens is 620 g/mol. The molecule has 2 N–H and O–H groups in total. The topological polar surface area (TPSA) is 186 Å². The molecule has 6 amide bonds. The van der Waals surface area contributed by atoms with Crippen LogP contribution in [0.15, 0.2) is 61.1 Å². The number of likely N-dealkylation sites (tertiary alicyclic amines) is 1. The minimum atomic E-state index is -1.08. The molecule has 2 aromatic carbocycles. The molecule has 15 heteroatoms. The number of piperidine rings is 2. The summed E-state index contributed by atoms with van der Waals surface area (Å²) >= 11 is 0. The first-order valence-corrected chi connectivity index (χ1v) is 15.5. The van der Waals surface area contributed by atoms with Crippen molar-refractivity contribution in [2.24, 2.45) is 0 Å². The van der Waals surface area contributed by atoms with Gasteiger partial charge in [0.25, 0.3) is 11.8 Å². The molecule has 3 aliphatic heterocycles. The molecule has 2 saturated heterocycles. The van der Waals surface area contributed by atoms with Gasteiger partial charge in [0.2, 0.25) is 23.6 Å². The van der Waals surface area contributed by atoms with E-state index in [4.69, 9.17) is 4.74 Å². The average Bonchev–Trinajstić information content (AvgIpc) is 3.68. The third-order valence-corrected chi connectivity index (χ3v) is 8.72. The van der Waals surface area contributed by atoms with Gasteiger partial charge in [-0.3, -0.25) is 48.6 Å². The molecule has 4 aromatic rings. The van der Waals surface area contributed by atoms with Crippen molar-refractivity contribution in [1.29, 1.82) is 0 Å². The zero-order valence-corrected chi connectivity index (χ0v) is 25.6. The van der Waals surface area contributed by atoms with E-state index in [1.165, 1.54) is 18.2 Å². The highest BCUT2D eigenvalue weighted by molar-refractivity contribution is 6.24. The maximum Gasteiger partial charge on any atom is 0.262 e. The maximum atomic E-state index is 13.0. The van der Waals surface area contributed by atoms with E-state index in [9.17, 15) is 28.8 Å². The summed E-state index contributed by atoms with van der Waals surface area (Å²) in [5.74, 6) is -3.27. The van der Waals surface area contributed by atoms with E-state index in [2.05, 4.69) is 25.7 Å². The summed E-state index contributed by atoms with van der Waals surface area (Å²) in [6, 6.07) is 10.9. The van der Waals surface area contributed by atoms with Gasteiger partial charge in [-0.25, -0.2) is 4.98 Å². The van der Waals surface area contributed by atoms with Crippen LogP contribution in [0.2, 0.25) is 0 Å². The third kappa shape index (κ3) is 6.02. The summed E-state index contributed by atoms with van der Waals surface area (Å²) in [6.07, 6.45) is 6.92. The number of nitrogens with zero attached hydrogens (tertiary/aromatic N) is 6. The van der Waals surface area contributed by atoms with Crippen LogP contribution in [0.1, 0.15) is 52.4 Å². The van der Waals surface area contributed by atoms with Crippen LogP contribution in [-0.4, -0.2) is 97.3 Å². The number of fused-ring (bicyclic) bond motifs is 2. The molecule has 48 heavy (non-hydrogen) atoms.